The standard InChI is InChI=1S/C19H20ClN5O2/c20-17-4-1-3-14(10-17)15-9-16-12-24(5-2-6-25-13-21-22-23-25)7-8-27-19(16)18(26)11-15/h1,3-4,9-11,13,26H,2,5-8,12H2. The van der Waals surface area contributed by atoms with Crippen LogP contribution in [0.4, 0.5) is 0 Å². The molecule has 0 saturated heterocycles. The largest absolute Gasteiger partial charge is 0.504 e. The lowest BCUT2D eigenvalue weighted by Crippen LogP contribution is -2.27. The minimum absolute atomic E-state index is 0.165. The molecule has 1 aliphatic heterocycles. The molecule has 0 spiro atoms. The van der Waals surface area contributed by atoms with Crippen LogP contribution in [0, 0.1) is 0 Å². The van der Waals surface area contributed by atoms with Gasteiger partial charge in [-0.05, 0) is 52.2 Å². The number of fused-ring (bicyclic) bond motifs is 1. The van der Waals surface area contributed by atoms with Crippen molar-refractivity contribution in [2.24, 2.45) is 0 Å². The molecule has 140 valence electrons. The summed E-state index contributed by atoms with van der Waals surface area (Å²) in [7, 11) is 0. The highest BCUT2D eigenvalue weighted by Crippen LogP contribution is 2.38. The van der Waals surface area contributed by atoms with Gasteiger partial charge in [0.2, 0.25) is 0 Å². The summed E-state index contributed by atoms with van der Waals surface area (Å²) in [6.45, 7) is 3.72. The molecule has 0 radical (unpaired) electrons. The Morgan fingerprint density at radius 3 is 2.89 bits per heavy atom. The molecule has 1 aromatic heterocycles. The van der Waals surface area contributed by atoms with Crippen LogP contribution in [0.5, 0.6) is 11.5 Å². The van der Waals surface area contributed by atoms with Gasteiger partial charge in [0.1, 0.15) is 12.9 Å². The Kier molecular flexibility index (Phi) is 5.22. The average molecular weight is 386 g/mol. The van der Waals surface area contributed by atoms with E-state index in [1.807, 2.05) is 24.3 Å². The predicted molar refractivity (Wildman–Crippen MR) is 102 cm³/mol. The molecular weight excluding hydrogens is 366 g/mol. The van der Waals surface area contributed by atoms with Crippen LogP contribution in [0.15, 0.2) is 42.7 Å². The van der Waals surface area contributed by atoms with Crippen LogP contribution in [0.25, 0.3) is 11.1 Å². The molecule has 0 saturated carbocycles. The third-order valence-corrected chi connectivity index (χ3v) is 4.84. The van der Waals surface area contributed by atoms with Crippen LogP contribution in [0.3, 0.4) is 0 Å². The molecule has 3 aromatic rings. The van der Waals surface area contributed by atoms with Crippen molar-refractivity contribution in [3.63, 3.8) is 0 Å². The van der Waals surface area contributed by atoms with E-state index in [2.05, 4.69) is 26.5 Å². The molecule has 4 rings (SSSR count). The smallest absolute Gasteiger partial charge is 0.165 e. The predicted octanol–water partition coefficient (Wildman–Crippen LogP) is 2.98. The zero-order valence-corrected chi connectivity index (χ0v) is 15.5. The highest BCUT2D eigenvalue weighted by molar-refractivity contribution is 6.30. The lowest BCUT2D eigenvalue weighted by molar-refractivity contribution is 0.218. The number of aromatic hydroxyl groups is 1. The van der Waals surface area contributed by atoms with Gasteiger partial charge < -0.3 is 9.84 Å². The fourth-order valence-electron chi connectivity index (χ4n) is 3.32. The SMILES string of the molecule is Oc1cc(-c2cccc(Cl)c2)cc2c1OCCN(CCCn1cnnn1)C2. The lowest BCUT2D eigenvalue weighted by atomic mass is 10.0. The number of ether oxygens (including phenoxy) is 1. The number of phenols is 1. The van der Waals surface area contributed by atoms with Crippen molar-refractivity contribution in [2.45, 2.75) is 19.5 Å². The van der Waals surface area contributed by atoms with Crippen LogP contribution in [0.1, 0.15) is 12.0 Å². The van der Waals surface area contributed by atoms with E-state index in [-0.39, 0.29) is 5.75 Å². The maximum absolute atomic E-state index is 10.5. The molecule has 1 aliphatic rings. The summed E-state index contributed by atoms with van der Waals surface area (Å²) < 4.78 is 7.55. The molecule has 1 N–H and O–H groups in total. The van der Waals surface area contributed by atoms with Crippen molar-refractivity contribution in [1.82, 2.24) is 25.1 Å². The fourth-order valence-corrected chi connectivity index (χ4v) is 3.51. The summed E-state index contributed by atoms with van der Waals surface area (Å²) in [5.74, 6) is 0.738. The van der Waals surface area contributed by atoms with E-state index in [4.69, 9.17) is 16.3 Å². The maximum atomic E-state index is 10.5. The molecule has 0 bridgehead atoms. The second-order valence-electron chi connectivity index (χ2n) is 6.55. The number of phenolic OH excluding ortho intramolecular Hbond substituents is 1. The van der Waals surface area contributed by atoms with E-state index in [1.165, 1.54) is 0 Å². The second kappa shape index (κ2) is 7.94. The number of halogens is 1. The number of nitrogens with zero attached hydrogens (tertiary/aromatic N) is 5. The number of aromatic nitrogens is 4. The van der Waals surface area contributed by atoms with Crippen molar-refractivity contribution >= 4 is 11.6 Å². The van der Waals surface area contributed by atoms with Gasteiger partial charge >= 0.3 is 0 Å². The van der Waals surface area contributed by atoms with Crippen LogP contribution >= 0.6 is 11.6 Å². The van der Waals surface area contributed by atoms with E-state index in [1.54, 1.807) is 17.1 Å². The number of aryl methyl sites for hydroxylation is 1. The van der Waals surface area contributed by atoms with Gasteiger partial charge in [0.25, 0.3) is 0 Å². The Hall–Kier alpha value is -2.64. The van der Waals surface area contributed by atoms with Gasteiger partial charge in [-0.15, -0.1) is 5.10 Å². The minimum atomic E-state index is 0.165. The number of hydrogen-bond donors (Lipinski definition) is 1. The van der Waals surface area contributed by atoms with Gasteiger partial charge in [0.15, 0.2) is 11.5 Å². The van der Waals surface area contributed by atoms with Crippen molar-refractivity contribution in [3.8, 4) is 22.6 Å². The van der Waals surface area contributed by atoms with Crippen LogP contribution in [-0.2, 0) is 13.1 Å². The van der Waals surface area contributed by atoms with Gasteiger partial charge in [-0.1, -0.05) is 23.7 Å². The quantitative estimate of drug-likeness (QED) is 0.727. The van der Waals surface area contributed by atoms with Crippen LogP contribution < -0.4 is 4.74 Å². The van der Waals surface area contributed by atoms with Gasteiger partial charge in [-0.25, -0.2) is 4.68 Å². The molecular formula is C19H20ClN5O2. The zero-order valence-electron chi connectivity index (χ0n) is 14.8. The van der Waals surface area contributed by atoms with Gasteiger partial charge in [0, 0.05) is 36.8 Å². The number of tetrazole rings is 1. The van der Waals surface area contributed by atoms with Crippen molar-refractivity contribution in [1.29, 1.82) is 0 Å². The van der Waals surface area contributed by atoms with E-state index < -0.39 is 0 Å². The molecule has 0 aliphatic carbocycles. The maximum Gasteiger partial charge on any atom is 0.165 e. The third-order valence-electron chi connectivity index (χ3n) is 4.61. The normalized spacial score (nSPS) is 14.4. The van der Waals surface area contributed by atoms with Crippen molar-refractivity contribution in [3.05, 3.63) is 53.3 Å². The molecule has 0 unspecified atom stereocenters. The highest BCUT2D eigenvalue weighted by atomic mass is 35.5. The first-order valence-corrected chi connectivity index (χ1v) is 9.24. The molecule has 27 heavy (non-hydrogen) atoms. The van der Waals surface area contributed by atoms with Crippen molar-refractivity contribution in [2.75, 3.05) is 19.7 Å². The molecule has 0 atom stereocenters. The Balaban J connectivity index is 1.52. The Morgan fingerprint density at radius 2 is 2.07 bits per heavy atom. The fraction of sp³-hybridized carbons (Fsp3) is 0.316. The summed E-state index contributed by atoms with van der Waals surface area (Å²) in [4.78, 5) is 2.32. The average Bonchev–Trinajstić information content (AvgIpc) is 3.08. The Labute approximate surface area is 162 Å². The highest BCUT2D eigenvalue weighted by Gasteiger charge is 2.19. The van der Waals surface area contributed by atoms with E-state index in [9.17, 15) is 5.11 Å². The minimum Gasteiger partial charge on any atom is -0.504 e. The third kappa shape index (κ3) is 4.20. The van der Waals surface area contributed by atoms with Crippen LogP contribution in [0.2, 0.25) is 5.02 Å². The Bertz CT molecular complexity index is 916. The first kappa shape index (κ1) is 17.8. The van der Waals surface area contributed by atoms with Gasteiger partial charge in [0.05, 0.1) is 0 Å². The second-order valence-corrected chi connectivity index (χ2v) is 6.98. The summed E-state index contributed by atoms with van der Waals surface area (Å²) in [6, 6.07) is 11.4. The van der Waals surface area contributed by atoms with E-state index in [0.29, 0.717) is 23.9 Å². The van der Waals surface area contributed by atoms with Crippen LogP contribution in [-0.4, -0.2) is 49.9 Å². The van der Waals surface area contributed by atoms with Crippen molar-refractivity contribution < 1.29 is 9.84 Å². The monoisotopic (exact) mass is 385 g/mol. The summed E-state index contributed by atoms with van der Waals surface area (Å²) >= 11 is 6.12. The molecule has 7 nitrogen and oxygen atoms in total. The topological polar surface area (TPSA) is 76.3 Å². The first-order chi connectivity index (χ1) is 13.2. The summed E-state index contributed by atoms with van der Waals surface area (Å²) in [5.41, 5.74) is 2.87. The van der Waals surface area contributed by atoms with E-state index >= 15 is 0 Å². The Morgan fingerprint density at radius 1 is 1.15 bits per heavy atom. The summed E-state index contributed by atoms with van der Waals surface area (Å²) in [6.07, 6.45) is 2.55. The molecule has 0 fully saturated rings. The molecule has 8 heteroatoms. The molecule has 2 heterocycles. The number of benzene rings is 2. The number of rotatable bonds is 5. The molecule has 0 amide bonds. The van der Waals surface area contributed by atoms with E-state index in [0.717, 1.165) is 42.7 Å². The zero-order chi connectivity index (χ0) is 18.6. The van der Waals surface area contributed by atoms with Gasteiger partial charge in [-0.2, -0.15) is 0 Å². The first-order valence-electron chi connectivity index (χ1n) is 8.87. The van der Waals surface area contributed by atoms with Gasteiger partial charge in [-0.3, -0.25) is 4.90 Å². The summed E-state index contributed by atoms with van der Waals surface area (Å²) in [5, 5.41) is 22.3. The molecule has 2 aromatic carbocycles. The number of hydrogen-bond acceptors (Lipinski definition) is 6. The lowest BCUT2D eigenvalue weighted by Gasteiger charge is -2.19.